The fourth-order valence-corrected chi connectivity index (χ4v) is 2.15. The van der Waals surface area contributed by atoms with Gasteiger partial charge in [-0.1, -0.05) is 38.5 Å². The molecular weight excluding hydrogens is 308 g/mol. The average molecular weight is 349 g/mol. The van der Waals surface area contributed by atoms with Crippen LogP contribution in [0.25, 0.3) is 0 Å². The summed E-state index contributed by atoms with van der Waals surface area (Å²) in [6.45, 7) is 6.40. The SMILES string of the molecule is [2H]C([2H])(CCCCC(C)(C)C(=O)O)C(O)C([2H])([2H])CCCCC(C)(C)C(=O)O. The number of hydrogen-bond donors (Lipinski definition) is 3. The lowest BCUT2D eigenvalue weighted by molar-refractivity contribution is -0.148. The van der Waals surface area contributed by atoms with Crippen LogP contribution in [0, 0.1) is 10.8 Å². The second kappa shape index (κ2) is 10.7. The molecule has 0 atom stereocenters. The summed E-state index contributed by atoms with van der Waals surface area (Å²) >= 11 is 0. The first-order valence-electron chi connectivity index (χ1n) is 10.6. The molecule has 0 aliphatic rings. The Morgan fingerprint density at radius 3 is 1.42 bits per heavy atom. The Kier molecular flexibility index (Phi) is 7.30. The highest BCUT2D eigenvalue weighted by Crippen LogP contribution is 2.25. The second-order valence-corrected chi connectivity index (χ2v) is 7.60. The standard InChI is InChI=1S/C19H36O5/c1-18(2,16(21)22)13-9-5-7-11-15(20)12-8-6-10-14-19(3,4)17(23)24/h15,20H,5-14H2,1-4H3,(H,21,22)(H,23,24)/i11D2,12D2. The van der Waals surface area contributed by atoms with Crippen molar-refractivity contribution >= 4 is 11.9 Å². The monoisotopic (exact) mass is 348 g/mol. The molecule has 24 heavy (non-hydrogen) atoms. The molecule has 0 bridgehead atoms. The Bertz CT molecular complexity index is 486. The molecule has 0 heterocycles. The van der Waals surface area contributed by atoms with Crippen LogP contribution in [-0.2, 0) is 9.59 Å². The molecule has 0 aliphatic heterocycles. The summed E-state index contributed by atoms with van der Waals surface area (Å²) in [7, 11) is 0. The number of rotatable bonds is 14. The number of aliphatic carboxylic acids is 2. The van der Waals surface area contributed by atoms with E-state index in [1.807, 2.05) is 0 Å². The van der Waals surface area contributed by atoms with Crippen LogP contribution in [0.2, 0.25) is 0 Å². The number of carbonyl (C=O) groups is 2. The van der Waals surface area contributed by atoms with Gasteiger partial charge >= 0.3 is 11.9 Å². The van der Waals surface area contributed by atoms with Gasteiger partial charge in [-0.25, -0.2) is 0 Å². The quantitative estimate of drug-likeness (QED) is 0.403. The highest BCUT2D eigenvalue weighted by molar-refractivity contribution is 5.73. The van der Waals surface area contributed by atoms with E-state index in [4.69, 9.17) is 15.7 Å². The zero-order valence-corrected chi connectivity index (χ0v) is 15.4. The van der Waals surface area contributed by atoms with Gasteiger partial charge in [-0.3, -0.25) is 9.59 Å². The van der Waals surface area contributed by atoms with E-state index in [0.717, 1.165) is 0 Å². The van der Waals surface area contributed by atoms with E-state index in [0.29, 0.717) is 38.5 Å². The van der Waals surface area contributed by atoms with Crippen LogP contribution in [0.3, 0.4) is 0 Å². The average Bonchev–Trinajstić information content (AvgIpc) is 2.54. The zero-order valence-electron chi connectivity index (χ0n) is 19.4. The molecular formula is C19H36O5. The number of carboxylic acids is 2. The molecule has 0 saturated heterocycles. The molecule has 5 nitrogen and oxygen atoms in total. The van der Waals surface area contributed by atoms with Gasteiger partial charge in [0.1, 0.15) is 0 Å². The third-order valence-electron chi connectivity index (χ3n) is 4.29. The van der Waals surface area contributed by atoms with Gasteiger partial charge in [0.15, 0.2) is 0 Å². The minimum absolute atomic E-state index is 0.0601. The van der Waals surface area contributed by atoms with Crippen molar-refractivity contribution in [2.75, 3.05) is 0 Å². The Labute approximate surface area is 152 Å². The molecule has 0 spiro atoms. The van der Waals surface area contributed by atoms with Crippen molar-refractivity contribution in [3.63, 3.8) is 0 Å². The molecule has 3 N–H and O–H groups in total. The highest BCUT2D eigenvalue weighted by Gasteiger charge is 2.26. The first-order chi connectivity index (χ1) is 12.5. The normalized spacial score (nSPS) is 16.2. The van der Waals surface area contributed by atoms with Crippen molar-refractivity contribution < 1.29 is 30.4 Å². The molecule has 0 aromatic carbocycles. The van der Waals surface area contributed by atoms with Gasteiger partial charge in [-0.05, 0) is 53.3 Å². The Morgan fingerprint density at radius 2 is 1.12 bits per heavy atom. The van der Waals surface area contributed by atoms with Crippen LogP contribution < -0.4 is 0 Å². The number of aliphatic hydroxyl groups is 1. The molecule has 142 valence electrons. The van der Waals surface area contributed by atoms with Crippen LogP contribution in [-0.4, -0.2) is 33.4 Å². The summed E-state index contributed by atoms with van der Waals surface area (Å²) in [5.41, 5.74) is -1.80. The van der Waals surface area contributed by atoms with Crippen molar-refractivity contribution in [1.29, 1.82) is 0 Å². The lowest BCUT2D eigenvalue weighted by Gasteiger charge is -2.19. The number of carboxylic acid groups (broad SMARTS) is 2. The number of unbranched alkanes of at least 4 members (excludes halogenated alkanes) is 2. The molecule has 0 saturated carbocycles. The van der Waals surface area contributed by atoms with Crippen LogP contribution in [0.1, 0.15) is 97.3 Å². The Hall–Kier alpha value is -1.10. The highest BCUT2D eigenvalue weighted by atomic mass is 16.4. The van der Waals surface area contributed by atoms with Gasteiger partial charge in [0, 0.05) is 5.48 Å². The smallest absolute Gasteiger partial charge is 0.309 e. The van der Waals surface area contributed by atoms with Crippen molar-refractivity contribution in [3.8, 4) is 0 Å². The molecule has 0 radical (unpaired) electrons. The first-order valence-corrected chi connectivity index (χ1v) is 8.61. The molecule has 0 rings (SSSR count). The molecule has 0 aromatic rings. The Morgan fingerprint density at radius 1 is 0.792 bits per heavy atom. The van der Waals surface area contributed by atoms with Gasteiger partial charge < -0.3 is 15.3 Å². The maximum absolute atomic E-state index is 11.1. The summed E-state index contributed by atoms with van der Waals surface area (Å²) in [5, 5.41) is 28.4. The molecule has 0 unspecified atom stereocenters. The molecule has 0 amide bonds. The summed E-state index contributed by atoms with van der Waals surface area (Å²) in [4.78, 5) is 22.2. The zero-order chi connectivity index (χ0) is 22.4. The fraction of sp³-hybridized carbons (Fsp3) is 0.895. The topological polar surface area (TPSA) is 94.8 Å². The van der Waals surface area contributed by atoms with Gasteiger partial charge in [0.05, 0.1) is 16.9 Å². The van der Waals surface area contributed by atoms with E-state index in [9.17, 15) is 14.7 Å². The van der Waals surface area contributed by atoms with Crippen LogP contribution >= 0.6 is 0 Å². The number of hydrogen-bond acceptors (Lipinski definition) is 3. The van der Waals surface area contributed by atoms with Gasteiger partial charge in [0.25, 0.3) is 0 Å². The summed E-state index contributed by atoms with van der Waals surface area (Å²) in [6.07, 6.45) is -3.79. The lowest BCUT2D eigenvalue weighted by Crippen LogP contribution is -2.23. The van der Waals surface area contributed by atoms with Crippen LogP contribution in [0.15, 0.2) is 0 Å². The Balaban J connectivity index is 4.53. The maximum atomic E-state index is 11.1. The van der Waals surface area contributed by atoms with E-state index in [-0.39, 0.29) is 12.8 Å². The first kappa shape index (κ1) is 16.4. The van der Waals surface area contributed by atoms with Crippen molar-refractivity contribution in [2.45, 2.75) is 97.9 Å². The van der Waals surface area contributed by atoms with E-state index in [1.54, 1.807) is 27.7 Å². The summed E-state index contributed by atoms with van der Waals surface area (Å²) in [6, 6.07) is 0. The third kappa shape index (κ3) is 9.91. The minimum Gasteiger partial charge on any atom is -0.481 e. The van der Waals surface area contributed by atoms with Crippen LogP contribution in [0.5, 0.6) is 0 Å². The van der Waals surface area contributed by atoms with E-state index in [2.05, 4.69) is 0 Å². The summed E-state index contributed by atoms with van der Waals surface area (Å²) in [5.74, 6) is -1.84. The summed E-state index contributed by atoms with van der Waals surface area (Å²) < 4.78 is 32.1. The van der Waals surface area contributed by atoms with Crippen molar-refractivity contribution in [1.82, 2.24) is 0 Å². The lowest BCUT2D eigenvalue weighted by atomic mass is 9.86. The predicted molar refractivity (Wildman–Crippen MR) is 95.0 cm³/mol. The largest absolute Gasteiger partial charge is 0.481 e. The predicted octanol–water partition coefficient (Wildman–Crippen LogP) is 4.47. The molecule has 5 heteroatoms. The maximum Gasteiger partial charge on any atom is 0.309 e. The van der Waals surface area contributed by atoms with E-state index in [1.165, 1.54) is 0 Å². The van der Waals surface area contributed by atoms with Crippen molar-refractivity contribution in [2.24, 2.45) is 10.8 Å². The van der Waals surface area contributed by atoms with E-state index >= 15 is 0 Å². The molecule has 0 fully saturated rings. The molecule has 0 aliphatic carbocycles. The van der Waals surface area contributed by atoms with Gasteiger partial charge in [-0.15, -0.1) is 0 Å². The van der Waals surface area contributed by atoms with Gasteiger partial charge in [0.2, 0.25) is 0 Å². The van der Waals surface area contributed by atoms with E-state index < -0.39 is 41.6 Å². The second-order valence-electron chi connectivity index (χ2n) is 7.60. The third-order valence-corrected chi connectivity index (χ3v) is 4.29. The minimum atomic E-state index is -2.13. The number of aliphatic hydroxyl groups excluding tert-OH is 1. The fourth-order valence-electron chi connectivity index (χ4n) is 2.15. The van der Waals surface area contributed by atoms with Crippen molar-refractivity contribution in [3.05, 3.63) is 0 Å². The van der Waals surface area contributed by atoms with Gasteiger partial charge in [-0.2, -0.15) is 0 Å². The van der Waals surface area contributed by atoms with Crippen LogP contribution in [0.4, 0.5) is 0 Å². The molecule has 0 aromatic heterocycles.